The number of nitrogens with one attached hydrogen (secondary N) is 1. The zero-order valence-electron chi connectivity index (χ0n) is 15.1. The molecule has 3 aliphatic rings. The first-order valence-electron chi connectivity index (χ1n) is 9.08. The van der Waals surface area contributed by atoms with Gasteiger partial charge in [0.1, 0.15) is 6.10 Å². The predicted octanol–water partition coefficient (Wildman–Crippen LogP) is 0.0301. The summed E-state index contributed by atoms with van der Waals surface area (Å²) in [6.07, 6.45) is 3.67. The maximum atomic E-state index is 12.7. The highest BCUT2D eigenvalue weighted by Crippen LogP contribution is 2.31. The first-order valence-corrected chi connectivity index (χ1v) is 9.08. The van der Waals surface area contributed by atoms with E-state index in [0.717, 1.165) is 32.1 Å². The topological polar surface area (TPSA) is 82.2 Å². The van der Waals surface area contributed by atoms with Crippen LogP contribution in [0, 0.1) is 0 Å². The molecule has 0 aromatic carbocycles. The number of carbonyl (C=O) groups excluding carboxylic acids is 3. The van der Waals surface area contributed by atoms with Crippen LogP contribution < -0.4 is 5.32 Å². The van der Waals surface area contributed by atoms with Crippen molar-refractivity contribution < 1.29 is 19.1 Å². The second-order valence-corrected chi connectivity index (χ2v) is 7.30. The Bertz CT molecular complexity index is 545. The molecule has 8 heteroatoms. The van der Waals surface area contributed by atoms with Crippen molar-refractivity contribution in [3.05, 3.63) is 0 Å². The molecule has 1 spiro atoms. The Morgan fingerprint density at radius 1 is 1.24 bits per heavy atom. The Morgan fingerprint density at radius 3 is 2.56 bits per heavy atom. The van der Waals surface area contributed by atoms with Gasteiger partial charge in [-0.2, -0.15) is 0 Å². The summed E-state index contributed by atoms with van der Waals surface area (Å²) in [7, 11) is 3.37. The minimum Gasteiger partial charge on any atom is -0.372 e. The molecule has 1 unspecified atom stereocenters. The standard InChI is InChI=1S/C17H28N4O4/c1-19-16(24)18-12-17(19)6-9-20(10-7-17)14(22)11-21-8-4-3-5-13(25-2)15(21)23/h13H,3-12H2,1-2H3,(H,18,24). The summed E-state index contributed by atoms with van der Waals surface area (Å²) in [5.41, 5.74) is -0.173. The second-order valence-electron chi connectivity index (χ2n) is 7.30. The highest BCUT2D eigenvalue weighted by Gasteiger charge is 2.45. The van der Waals surface area contributed by atoms with E-state index in [-0.39, 0.29) is 29.9 Å². The second kappa shape index (κ2) is 7.19. The van der Waals surface area contributed by atoms with Crippen molar-refractivity contribution >= 4 is 17.8 Å². The Hall–Kier alpha value is -1.83. The van der Waals surface area contributed by atoms with E-state index < -0.39 is 6.10 Å². The Labute approximate surface area is 148 Å². The molecule has 4 amide bonds. The maximum Gasteiger partial charge on any atom is 0.317 e. The fourth-order valence-electron chi connectivity index (χ4n) is 4.09. The van der Waals surface area contributed by atoms with Gasteiger partial charge in [-0.3, -0.25) is 9.59 Å². The number of urea groups is 1. The van der Waals surface area contributed by atoms with Crippen LogP contribution in [-0.4, -0.2) is 91.1 Å². The Morgan fingerprint density at radius 2 is 1.96 bits per heavy atom. The lowest BCUT2D eigenvalue weighted by Crippen LogP contribution is -2.55. The van der Waals surface area contributed by atoms with Crippen molar-refractivity contribution in [1.29, 1.82) is 0 Å². The normalized spacial score (nSPS) is 26.8. The lowest BCUT2D eigenvalue weighted by atomic mass is 9.87. The van der Waals surface area contributed by atoms with Crippen LogP contribution in [0.25, 0.3) is 0 Å². The van der Waals surface area contributed by atoms with Gasteiger partial charge in [-0.25, -0.2) is 4.79 Å². The number of likely N-dealkylation sites (N-methyl/N-ethyl adjacent to an activating group) is 1. The third-order valence-corrected chi connectivity index (χ3v) is 5.97. The van der Waals surface area contributed by atoms with Crippen LogP contribution in [0.2, 0.25) is 0 Å². The van der Waals surface area contributed by atoms with E-state index in [4.69, 9.17) is 4.74 Å². The molecule has 3 aliphatic heterocycles. The third-order valence-electron chi connectivity index (χ3n) is 5.97. The van der Waals surface area contributed by atoms with Crippen LogP contribution in [-0.2, 0) is 14.3 Å². The van der Waals surface area contributed by atoms with Crippen molar-refractivity contribution in [2.24, 2.45) is 0 Å². The summed E-state index contributed by atoms with van der Waals surface area (Å²) in [5.74, 6) is -0.0907. The van der Waals surface area contributed by atoms with Crippen molar-refractivity contribution in [2.45, 2.75) is 43.7 Å². The van der Waals surface area contributed by atoms with Crippen LogP contribution in [0.1, 0.15) is 32.1 Å². The van der Waals surface area contributed by atoms with E-state index in [2.05, 4.69) is 5.32 Å². The number of ether oxygens (including phenoxy) is 1. The first-order chi connectivity index (χ1) is 12.0. The molecular weight excluding hydrogens is 324 g/mol. The summed E-state index contributed by atoms with van der Waals surface area (Å²) in [5, 5.41) is 2.88. The molecule has 0 aromatic rings. The summed E-state index contributed by atoms with van der Waals surface area (Å²) in [6.45, 7) is 2.62. The average molecular weight is 352 g/mol. The van der Waals surface area contributed by atoms with Gasteiger partial charge in [-0.05, 0) is 32.1 Å². The molecule has 1 atom stereocenters. The lowest BCUT2D eigenvalue weighted by molar-refractivity contribution is -0.147. The van der Waals surface area contributed by atoms with E-state index in [1.165, 1.54) is 0 Å². The van der Waals surface area contributed by atoms with Crippen LogP contribution in [0.3, 0.4) is 0 Å². The molecule has 8 nitrogen and oxygen atoms in total. The van der Waals surface area contributed by atoms with Gasteiger partial charge in [0, 0.05) is 40.3 Å². The van der Waals surface area contributed by atoms with E-state index in [1.54, 1.807) is 16.9 Å². The molecule has 3 heterocycles. The number of hydrogen-bond acceptors (Lipinski definition) is 4. The van der Waals surface area contributed by atoms with Gasteiger partial charge in [0.2, 0.25) is 5.91 Å². The number of carbonyl (C=O) groups is 3. The van der Waals surface area contributed by atoms with E-state index in [9.17, 15) is 14.4 Å². The minimum absolute atomic E-state index is 0.0140. The predicted molar refractivity (Wildman–Crippen MR) is 90.9 cm³/mol. The summed E-state index contributed by atoms with van der Waals surface area (Å²) >= 11 is 0. The molecule has 0 aliphatic carbocycles. The van der Waals surface area contributed by atoms with Gasteiger partial charge >= 0.3 is 6.03 Å². The molecule has 3 fully saturated rings. The number of nitrogens with zero attached hydrogens (tertiary/aromatic N) is 3. The number of rotatable bonds is 3. The SMILES string of the molecule is COC1CCCCN(CC(=O)N2CCC3(CC2)CNC(=O)N3C)C1=O. The van der Waals surface area contributed by atoms with Crippen LogP contribution in [0.5, 0.6) is 0 Å². The quantitative estimate of drug-likeness (QED) is 0.777. The number of hydrogen-bond donors (Lipinski definition) is 1. The molecule has 0 aromatic heterocycles. The molecule has 25 heavy (non-hydrogen) atoms. The molecule has 0 bridgehead atoms. The highest BCUT2D eigenvalue weighted by atomic mass is 16.5. The maximum absolute atomic E-state index is 12.7. The van der Waals surface area contributed by atoms with Crippen molar-refractivity contribution in [2.75, 3.05) is 46.9 Å². The average Bonchev–Trinajstić information content (AvgIpc) is 2.79. The zero-order chi connectivity index (χ0) is 18.0. The van der Waals surface area contributed by atoms with Crippen LogP contribution in [0.15, 0.2) is 0 Å². The summed E-state index contributed by atoms with van der Waals surface area (Å²) < 4.78 is 5.27. The highest BCUT2D eigenvalue weighted by molar-refractivity contribution is 5.87. The molecule has 0 radical (unpaired) electrons. The summed E-state index contributed by atoms with van der Waals surface area (Å²) in [6, 6.07) is -0.0412. The van der Waals surface area contributed by atoms with E-state index >= 15 is 0 Å². The van der Waals surface area contributed by atoms with Crippen LogP contribution >= 0.6 is 0 Å². The largest absolute Gasteiger partial charge is 0.372 e. The Kier molecular flexibility index (Phi) is 5.17. The molecule has 3 saturated heterocycles. The van der Waals surface area contributed by atoms with Gasteiger partial charge in [-0.15, -0.1) is 0 Å². The smallest absolute Gasteiger partial charge is 0.317 e. The fourth-order valence-corrected chi connectivity index (χ4v) is 4.09. The fraction of sp³-hybridized carbons (Fsp3) is 0.824. The van der Waals surface area contributed by atoms with Crippen molar-refractivity contribution in [1.82, 2.24) is 20.0 Å². The Balaban J connectivity index is 1.56. The number of piperidine rings is 1. The van der Waals surface area contributed by atoms with Crippen LogP contribution in [0.4, 0.5) is 4.79 Å². The molecule has 1 N–H and O–H groups in total. The molecular formula is C17H28N4O4. The van der Waals surface area contributed by atoms with Gasteiger partial charge in [-0.1, -0.05) is 0 Å². The molecule has 3 rings (SSSR count). The van der Waals surface area contributed by atoms with Crippen molar-refractivity contribution in [3.8, 4) is 0 Å². The number of methoxy groups -OCH3 is 1. The number of amides is 4. The van der Waals surface area contributed by atoms with Gasteiger partial charge in [0.05, 0.1) is 12.1 Å². The van der Waals surface area contributed by atoms with E-state index in [1.807, 2.05) is 11.9 Å². The van der Waals surface area contributed by atoms with Gasteiger partial charge in [0.15, 0.2) is 0 Å². The third kappa shape index (κ3) is 3.44. The lowest BCUT2D eigenvalue weighted by Gasteiger charge is -2.42. The zero-order valence-corrected chi connectivity index (χ0v) is 15.1. The monoisotopic (exact) mass is 352 g/mol. The molecule has 0 saturated carbocycles. The van der Waals surface area contributed by atoms with E-state index in [0.29, 0.717) is 26.2 Å². The summed E-state index contributed by atoms with van der Waals surface area (Å²) in [4.78, 5) is 42.1. The number of likely N-dealkylation sites (tertiary alicyclic amines) is 2. The van der Waals surface area contributed by atoms with Gasteiger partial charge < -0.3 is 24.8 Å². The van der Waals surface area contributed by atoms with Gasteiger partial charge in [0.25, 0.3) is 5.91 Å². The minimum atomic E-state index is -0.427. The van der Waals surface area contributed by atoms with Crippen molar-refractivity contribution in [3.63, 3.8) is 0 Å². The first kappa shape index (κ1) is 18.0. The molecule has 140 valence electrons.